The van der Waals surface area contributed by atoms with E-state index in [0.717, 1.165) is 18.5 Å². The number of hydrogen-bond acceptors (Lipinski definition) is 10. The van der Waals surface area contributed by atoms with Gasteiger partial charge in [-0.3, -0.25) is 4.79 Å². The van der Waals surface area contributed by atoms with Crippen molar-refractivity contribution in [2.75, 3.05) is 30.8 Å². The Bertz CT molecular complexity index is 1930. The molecular weight excluding hydrogens is 577 g/mol. The van der Waals surface area contributed by atoms with Crippen molar-refractivity contribution in [3.63, 3.8) is 0 Å². The third kappa shape index (κ3) is 6.35. The number of nitriles is 1. The lowest BCUT2D eigenvalue weighted by Gasteiger charge is -2.32. The van der Waals surface area contributed by atoms with E-state index in [1.807, 2.05) is 18.2 Å². The smallest absolute Gasteiger partial charge is 0.245 e. The number of hydrogen-bond donors (Lipinski definition) is 2. The second-order valence-electron chi connectivity index (χ2n) is 10.2. The number of fused-ring (bicyclic) bond motifs is 1. The zero-order valence-electron chi connectivity index (χ0n) is 24.3. The summed E-state index contributed by atoms with van der Waals surface area (Å²) in [6.07, 6.45) is 8.80. The average molecular weight is 606 g/mol. The molecule has 6 rings (SSSR count). The zero-order chi connectivity index (χ0) is 31.3. The molecule has 0 bridgehead atoms. The van der Waals surface area contributed by atoms with Crippen LogP contribution in [0.4, 0.5) is 21.6 Å². The summed E-state index contributed by atoms with van der Waals surface area (Å²) in [6, 6.07) is 13.6. The lowest BCUT2D eigenvalue weighted by Crippen LogP contribution is -2.41. The second-order valence-corrected chi connectivity index (χ2v) is 10.2. The van der Waals surface area contributed by atoms with Gasteiger partial charge in [0, 0.05) is 48.9 Å². The summed E-state index contributed by atoms with van der Waals surface area (Å²) in [6.45, 7) is 4.83. The summed E-state index contributed by atoms with van der Waals surface area (Å²) >= 11 is 0. The Hall–Kier alpha value is -6.03. The van der Waals surface area contributed by atoms with Crippen LogP contribution in [0.5, 0.6) is 17.2 Å². The number of halogens is 1. The van der Waals surface area contributed by atoms with Crippen molar-refractivity contribution < 1.29 is 18.7 Å². The maximum atomic E-state index is 15.3. The van der Waals surface area contributed by atoms with Gasteiger partial charge in [-0.25, -0.2) is 24.0 Å². The number of methoxy groups -OCH3 is 1. The van der Waals surface area contributed by atoms with E-state index in [2.05, 4.69) is 37.3 Å². The standard InChI is InChI=1S/C32H28FN9O3/c1-3-31(43)41-10-7-21(8-11-41)39-28-14-24-27(15-29(28)44-2)36-19-37-32(24)40-26-5-4-22(12-25(26)33)45-23-6-9-35-30(13-23)42-18-20(16-34)17-38-42/h3-6,9,12-15,17-19,21,39H,1,7-8,10-11H2,2H3,(H,36,37,40). The monoisotopic (exact) mass is 605 g/mol. The van der Waals surface area contributed by atoms with Gasteiger partial charge in [0.25, 0.3) is 0 Å². The van der Waals surface area contributed by atoms with Crippen LogP contribution < -0.4 is 20.1 Å². The SMILES string of the molecule is C=CC(=O)N1CCC(Nc2cc3c(Nc4ccc(Oc5ccnc(-n6cc(C#N)cn6)c5)cc4F)ncnc3cc2OC)CC1. The van der Waals surface area contributed by atoms with E-state index in [1.165, 1.54) is 35.5 Å². The molecule has 1 saturated heterocycles. The molecule has 12 nitrogen and oxygen atoms in total. The minimum Gasteiger partial charge on any atom is -0.495 e. The topological polar surface area (TPSA) is 143 Å². The molecule has 226 valence electrons. The molecule has 1 aliphatic rings. The zero-order valence-corrected chi connectivity index (χ0v) is 24.3. The van der Waals surface area contributed by atoms with E-state index in [4.69, 9.17) is 14.7 Å². The van der Waals surface area contributed by atoms with Gasteiger partial charge in [-0.2, -0.15) is 10.4 Å². The molecule has 1 fully saturated rings. The molecule has 0 unspecified atom stereocenters. The number of benzene rings is 2. The largest absolute Gasteiger partial charge is 0.495 e. The van der Waals surface area contributed by atoms with Crippen LogP contribution in [0.2, 0.25) is 0 Å². The fourth-order valence-electron chi connectivity index (χ4n) is 5.08. The van der Waals surface area contributed by atoms with Gasteiger partial charge in [0.15, 0.2) is 5.82 Å². The number of aromatic nitrogens is 5. The van der Waals surface area contributed by atoms with Gasteiger partial charge in [0.05, 0.1) is 42.0 Å². The van der Waals surface area contributed by atoms with Crippen LogP contribution in [0.3, 0.4) is 0 Å². The highest BCUT2D eigenvalue weighted by molar-refractivity contribution is 5.95. The van der Waals surface area contributed by atoms with E-state index in [0.29, 0.717) is 52.7 Å². The molecule has 2 aromatic carbocycles. The van der Waals surface area contributed by atoms with Crippen molar-refractivity contribution in [1.82, 2.24) is 29.6 Å². The second kappa shape index (κ2) is 12.7. The van der Waals surface area contributed by atoms with E-state index in [1.54, 1.807) is 42.5 Å². The summed E-state index contributed by atoms with van der Waals surface area (Å²) in [5, 5.41) is 20.5. The molecule has 0 aliphatic carbocycles. The minimum absolute atomic E-state index is 0.0655. The number of carbonyl (C=O) groups excluding carboxylic acids is 1. The molecular formula is C32H28FN9O3. The Balaban J connectivity index is 1.19. The summed E-state index contributed by atoms with van der Waals surface area (Å²) in [5.41, 5.74) is 1.96. The first-order chi connectivity index (χ1) is 21.9. The molecule has 13 heteroatoms. The van der Waals surface area contributed by atoms with Crippen molar-refractivity contribution in [2.24, 2.45) is 0 Å². The molecule has 1 aliphatic heterocycles. The van der Waals surface area contributed by atoms with E-state index >= 15 is 4.39 Å². The number of carbonyl (C=O) groups is 1. The minimum atomic E-state index is -0.549. The number of rotatable bonds is 9. The van der Waals surface area contributed by atoms with Gasteiger partial charge in [-0.15, -0.1) is 0 Å². The average Bonchev–Trinajstić information content (AvgIpc) is 3.56. The third-order valence-electron chi connectivity index (χ3n) is 7.39. The Morgan fingerprint density at radius 1 is 1.11 bits per heavy atom. The van der Waals surface area contributed by atoms with Crippen LogP contribution in [0.25, 0.3) is 16.7 Å². The Kier molecular flexibility index (Phi) is 8.19. The molecule has 3 aromatic heterocycles. The third-order valence-corrected chi connectivity index (χ3v) is 7.39. The summed E-state index contributed by atoms with van der Waals surface area (Å²) in [5.74, 6) is 1.56. The molecule has 0 spiro atoms. The predicted molar refractivity (Wildman–Crippen MR) is 165 cm³/mol. The Morgan fingerprint density at radius 3 is 2.67 bits per heavy atom. The van der Waals surface area contributed by atoms with Crippen LogP contribution in [0.15, 0.2) is 80.0 Å². The van der Waals surface area contributed by atoms with Crippen LogP contribution >= 0.6 is 0 Å². The first-order valence-electron chi connectivity index (χ1n) is 14.1. The van der Waals surface area contributed by atoms with Gasteiger partial charge >= 0.3 is 0 Å². The molecule has 0 radical (unpaired) electrons. The number of nitrogens with one attached hydrogen (secondary N) is 2. The number of nitrogens with zero attached hydrogens (tertiary/aromatic N) is 7. The number of amides is 1. The number of anilines is 3. The van der Waals surface area contributed by atoms with Crippen LogP contribution in [0.1, 0.15) is 18.4 Å². The normalized spacial score (nSPS) is 13.2. The molecule has 4 heterocycles. The number of pyridine rings is 1. The highest BCUT2D eigenvalue weighted by Crippen LogP contribution is 2.35. The molecule has 1 amide bonds. The fourth-order valence-corrected chi connectivity index (χ4v) is 5.08. The lowest BCUT2D eigenvalue weighted by atomic mass is 10.0. The maximum absolute atomic E-state index is 15.3. The van der Waals surface area contributed by atoms with Crippen LogP contribution in [-0.4, -0.2) is 61.8 Å². The van der Waals surface area contributed by atoms with Crippen molar-refractivity contribution in [3.8, 4) is 29.1 Å². The first-order valence-corrected chi connectivity index (χ1v) is 14.1. The van der Waals surface area contributed by atoms with Crippen LogP contribution in [-0.2, 0) is 4.79 Å². The fraction of sp³-hybridized carbons (Fsp3) is 0.188. The predicted octanol–water partition coefficient (Wildman–Crippen LogP) is 5.35. The first kappa shape index (κ1) is 29.1. The Labute approximate surface area is 257 Å². The molecule has 5 aromatic rings. The Morgan fingerprint density at radius 2 is 1.93 bits per heavy atom. The highest BCUT2D eigenvalue weighted by atomic mass is 19.1. The van der Waals surface area contributed by atoms with Crippen molar-refractivity contribution in [3.05, 3.63) is 91.4 Å². The van der Waals surface area contributed by atoms with Gasteiger partial charge < -0.3 is 25.0 Å². The molecule has 45 heavy (non-hydrogen) atoms. The summed E-state index contributed by atoms with van der Waals surface area (Å²) in [4.78, 5) is 26.8. The van der Waals surface area contributed by atoms with E-state index < -0.39 is 5.82 Å². The van der Waals surface area contributed by atoms with E-state index in [9.17, 15) is 4.79 Å². The lowest BCUT2D eigenvalue weighted by molar-refractivity contribution is -0.126. The van der Waals surface area contributed by atoms with Gasteiger partial charge in [0.2, 0.25) is 5.91 Å². The highest BCUT2D eigenvalue weighted by Gasteiger charge is 2.23. The summed E-state index contributed by atoms with van der Waals surface area (Å²) < 4.78 is 28.3. The molecule has 0 atom stereocenters. The quantitative estimate of drug-likeness (QED) is 0.211. The maximum Gasteiger partial charge on any atom is 0.245 e. The van der Waals surface area contributed by atoms with Crippen LogP contribution in [0, 0.1) is 17.1 Å². The van der Waals surface area contributed by atoms with Gasteiger partial charge in [-0.1, -0.05) is 6.58 Å². The molecule has 2 N–H and O–H groups in total. The van der Waals surface area contributed by atoms with Gasteiger partial charge in [0.1, 0.15) is 41.3 Å². The number of piperidine rings is 1. The van der Waals surface area contributed by atoms with E-state index in [-0.39, 0.29) is 23.4 Å². The number of ether oxygens (including phenoxy) is 2. The summed E-state index contributed by atoms with van der Waals surface area (Å²) in [7, 11) is 1.59. The van der Waals surface area contributed by atoms with Crippen molar-refractivity contribution in [1.29, 1.82) is 5.26 Å². The number of likely N-dealkylation sites (tertiary alicyclic amines) is 1. The van der Waals surface area contributed by atoms with Crippen molar-refractivity contribution >= 4 is 34.0 Å². The molecule has 0 saturated carbocycles. The van der Waals surface area contributed by atoms with Crippen molar-refractivity contribution in [2.45, 2.75) is 18.9 Å². The van der Waals surface area contributed by atoms with Gasteiger partial charge in [-0.05, 0) is 43.2 Å².